The smallest absolute Gasteiger partial charge is 0.207 e. The maximum Gasteiger partial charge on any atom is 0.207 e. The molecule has 0 aliphatic carbocycles. The third kappa shape index (κ3) is 2.88. The van der Waals surface area contributed by atoms with Crippen LogP contribution in [0.1, 0.15) is 10.6 Å². The molecule has 1 N–H and O–H groups in total. The van der Waals surface area contributed by atoms with E-state index in [1.165, 1.54) is 5.56 Å². The first-order valence-electron chi connectivity index (χ1n) is 7.06. The minimum atomic E-state index is 0.538. The Labute approximate surface area is 136 Å². The molecular weight excluding hydrogens is 310 g/mol. The van der Waals surface area contributed by atoms with E-state index in [1.807, 2.05) is 16.9 Å². The molecule has 23 heavy (non-hydrogen) atoms. The maximum absolute atomic E-state index is 4.70. The highest BCUT2D eigenvalue weighted by Gasteiger charge is 2.09. The van der Waals surface area contributed by atoms with Crippen molar-refractivity contribution in [1.82, 2.24) is 35.4 Å². The maximum atomic E-state index is 4.70. The molecule has 0 saturated carbocycles. The zero-order valence-electron chi connectivity index (χ0n) is 12.3. The third-order valence-corrected chi connectivity index (χ3v) is 4.23. The number of nitrogens with zero attached hydrogens (tertiary/aromatic N) is 6. The van der Waals surface area contributed by atoms with Gasteiger partial charge in [0.1, 0.15) is 5.01 Å². The molecule has 3 heterocycles. The van der Waals surface area contributed by atoms with E-state index in [0.717, 1.165) is 21.8 Å². The normalized spacial score (nSPS) is 11.0. The summed E-state index contributed by atoms with van der Waals surface area (Å²) in [5.74, 6) is 0.538. The largest absolute Gasteiger partial charge is 0.265 e. The van der Waals surface area contributed by atoms with Crippen molar-refractivity contribution < 1.29 is 0 Å². The molecule has 1 aromatic carbocycles. The van der Waals surface area contributed by atoms with Gasteiger partial charge in [0.15, 0.2) is 0 Å². The Balaban J connectivity index is 1.54. The van der Waals surface area contributed by atoms with Crippen molar-refractivity contribution >= 4 is 11.3 Å². The summed E-state index contributed by atoms with van der Waals surface area (Å²) in [6.07, 6.45) is 3.61. The van der Waals surface area contributed by atoms with Crippen LogP contribution in [0.2, 0.25) is 0 Å². The van der Waals surface area contributed by atoms with Crippen LogP contribution in [-0.2, 0) is 6.54 Å². The highest BCUT2D eigenvalue weighted by molar-refractivity contribution is 7.09. The van der Waals surface area contributed by atoms with Crippen LogP contribution in [0.5, 0.6) is 0 Å². The van der Waals surface area contributed by atoms with Crippen LogP contribution in [0.15, 0.2) is 42.0 Å². The van der Waals surface area contributed by atoms with Crippen molar-refractivity contribution in [3.8, 4) is 22.6 Å². The summed E-state index contributed by atoms with van der Waals surface area (Å²) in [7, 11) is 0. The van der Waals surface area contributed by atoms with Crippen LogP contribution in [0.4, 0.5) is 0 Å². The number of nitrogens with one attached hydrogen (secondary N) is 1. The fraction of sp³-hybridized carbons (Fsp3) is 0.133. The molecule has 0 unspecified atom stereocenters. The number of hydrogen-bond donors (Lipinski definition) is 1. The lowest BCUT2D eigenvalue weighted by Gasteiger charge is -1.98. The number of aromatic nitrogens is 7. The van der Waals surface area contributed by atoms with Crippen LogP contribution in [0.3, 0.4) is 0 Å². The number of tetrazole rings is 1. The molecule has 0 atom stereocenters. The van der Waals surface area contributed by atoms with E-state index in [1.54, 1.807) is 17.5 Å². The molecule has 0 amide bonds. The zero-order chi connectivity index (χ0) is 15.6. The summed E-state index contributed by atoms with van der Waals surface area (Å²) in [5, 5.41) is 21.3. The quantitative estimate of drug-likeness (QED) is 0.624. The fourth-order valence-electron chi connectivity index (χ4n) is 2.31. The van der Waals surface area contributed by atoms with Crippen LogP contribution in [0, 0.1) is 6.92 Å². The van der Waals surface area contributed by atoms with Crippen molar-refractivity contribution in [2.45, 2.75) is 13.5 Å². The lowest BCUT2D eigenvalue weighted by atomic mass is 10.1. The highest BCUT2D eigenvalue weighted by atomic mass is 32.1. The first-order chi connectivity index (χ1) is 11.3. The molecule has 0 radical (unpaired) electrons. The van der Waals surface area contributed by atoms with Crippen molar-refractivity contribution in [1.29, 1.82) is 0 Å². The molecule has 0 spiro atoms. The van der Waals surface area contributed by atoms with Crippen molar-refractivity contribution in [3.63, 3.8) is 0 Å². The van der Waals surface area contributed by atoms with Crippen LogP contribution >= 0.6 is 11.3 Å². The Hall–Kier alpha value is -2.87. The van der Waals surface area contributed by atoms with Gasteiger partial charge in [-0.3, -0.25) is 4.68 Å². The summed E-state index contributed by atoms with van der Waals surface area (Å²) < 4.78 is 1.82. The van der Waals surface area contributed by atoms with Crippen molar-refractivity contribution in [2.75, 3.05) is 0 Å². The highest BCUT2D eigenvalue weighted by Crippen LogP contribution is 2.23. The first kappa shape index (κ1) is 13.8. The predicted molar refractivity (Wildman–Crippen MR) is 86.8 cm³/mol. The monoisotopic (exact) mass is 323 g/mol. The second-order valence-electron chi connectivity index (χ2n) is 5.16. The van der Waals surface area contributed by atoms with Gasteiger partial charge in [0.25, 0.3) is 0 Å². The molecule has 114 valence electrons. The summed E-state index contributed by atoms with van der Waals surface area (Å²) in [6, 6.07) is 8.35. The first-order valence-corrected chi connectivity index (χ1v) is 7.93. The molecule has 4 rings (SSSR count). The molecule has 8 heteroatoms. The van der Waals surface area contributed by atoms with Gasteiger partial charge in [0.2, 0.25) is 5.82 Å². The van der Waals surface area contributed by atoms with Gasteiger partial charge in [-0.05, 0) is 18.2 Å². The van der Waals surface area contributed by atoms with Crippen LogP contribution < -0.4 is 0 Å². The number of rotatable bonds is 4. The van der Waals surface area contributed by atoms with Gasteiger partial charge in [0, 0.05) is 17.1 Å². The fourth-order valence-corrected chi connectivity index (χ4v) is 3.10. The number of benzene rings is 1. The lowest BCUT2D eigenvalue weighted by molar-refractivity contribution is 0.684. The molecule has 0 aliphatic heterocycles. The summed E-state index contributed by atoms with van der Waals surface area (Å²) >= 11 is 1.63. The standard InChI is InChI=1S/C15H13N7S/c1-10-3-2-4-11(5-10)13-9-23-14(17-13)8-22-7-12(6-16-22)15-18-20-21-19-15/h2-7,9H,8H2,1H3,(H,18,19,20,21). The molecule has 4 aromatic rings. The van der Waals surface area contributed by atoms with E-state index in [2.05, 4.69) is 56.2 Å². The van der Waals surface area contributed by atoms with Gasteiger partial charge < -0.3 is 0 Å². The Morgan fingerprint density at radius 2 is 2.22 bits per heavy atom. The van der Waals surface area contributed by atoms with E-state index in [0.29, 0.717) is 12.4 Å². The van der Waals surface area contributed by atoms with Gasteiger partial charge in [-0.25, -0.2) is 4.98 Å². The SMILES string of the molecule is Cc1cccc(-c2csc(Cn3cc(-c4nn[nH]n4)cn3)n2)c1. The molecular formula is C15H13N7S. The number of thiazole rings is 1. The van der Waals surface area contributed by atoms with E-state index in [9.17, 15) is 0 Å². The summed E-state index contributed by atoms with van der Waals surface area (Å²) in [5.41, 5.74) is 4.20. The van der Waals surface area contributed by atoms with Gasteiger partial charge in [0.05, 0.1) is 24.0 Å². The van der Waals surface area contributed by atoms with Gasteiger partial charge in [-0.1, -0.05) is 23.8 Å². The van der Waals surface area contributed by atoms with E-state index >= 15 is 0 Å². The van der Waals surface area contributed by atoms with E-state index < -0.39 is 0 Å². The van der Waals surface area contributed by atoms with E-state index in [-0.39, 0.29) is 0 Å². The van der Waals surface area contributed by atoms with Gasteiger partial charge in [-0.2, -0.15) is 10.3 Å². The molecule has 3 aromatic heterocycles. The van der Waals surface area contributed by atoms with Gasteiger partial charge in [-0.15, -0.1) is 21.5 Å². The zero-order valence-corrected chi connectivity index (χ0v) is 13.2. The van der Waals surface area contributed by atoms with Crippen molar-refractivity contribution in [3.05, 3.63) is 52.6 Å². The average molecular weight is 323 g/mol. The minimum Gasteiger partial charge on any atom is -0.265 e. The summed E-state index contributed by atoms with van der Waals surface area (Å²) in [4.78, 5) is 4.70. The second kappa shape index (κ2) is 5.73. The molecule has 0 aliphatic rings. The van der Waals surface area contributed by atoms with Crippen molar-refractivity contribution in [2.24, 2.45) is 0 Å². The second-order valence-corrected chi connectivity index (χ2v) is 6.10. The lowest BCUT2D eigenvalue weighted by Crippen LogP contribution is -1.99. The number of aromatic amines is 1. The van der Waals surface area contributed by atoms with Crippen LogP contribution in [-0.4, -0.2) is 35.4 Å². The topological polar surface area (TPSA) is 85.2 Å². The Morgan fingerprint density at radius 3 is 3.04 bits per heavy atom. The van der Waals surface area contributed by atoms with Gasteiger partial charge >= 0.3 is 0 Å². The predicted octanol–water partition coefficient (Wildman–Crippen LogP) is 2.54. The van der Waals surface area contributed by atoms with E-state index in [4.69, 9.17) is 4.98 Å². The Kier molecular flexibility index (Phi) is 3.43. The van der Waals surface area contributed by atoms with Crippen LogP contribution in [0.25, 0.3) is 22.6 Å². The molecule has 7 nitrogen and oxygen atoms in total. The number of H-pyrrole nitrogens is 1. The molecule has 0 fully saturated rings. The Morgan fingerprint density at radius 1 is 1.26 bits per heavy atom. The number of aryl methyl sites for hydroxylation is 1. The molecule has 0 bridgehead atoms. The Bertz CT molecular complexity index is 923. The minimum absolute atomic E-state index is 0.538. The molecule has 0 saturated heterocycles. The number of hydrogen-bond acceptors (Lipinski definition) is 6. The average Bonchev–Trinajstić information content (AvgIpc) is 3.29. The third-order valence-electron chi connectivity index (χ3n) is 3.40. The summed E-state index contributed by atoms with van der Waals surface area (Å²) in [6.45, 7) is 2.70.